The average Bonchev–Trinajstić information content (AvgIpc) is 2.77. The first-order valence-corrected chi connectivity index (χ1v) is 6.95. The number of nitrogens with one attached hydrogen (secondary N) is 1. The molecule has 0 unspecified atom stereocenters. The first-order chi connectivity index (χ1) is 9.47. The summed E-state index contributed by atoms with van der Waals surface area (Å²) in [4.78, 5) is 16.0. The molecule has 0 saturated carbocycles. The maximum absolute atomic E-state index is 11.5. The minimum absolute atomic E-state index is 0.298. The molecular formula is C14H26N4O2. The molecule has 0 aliphatic heterocycles. The Hall–Kier alpha value is -1.37. The molecule has 1 heterocycles. The van der Waals surface area contributed by atoms with Crippen molar-refractivity contribution in [1.29, 1.82) is 0 Å². The van der Waals surface area contributed by atoms with E-state index < -0.39 is 0 Å². The van der Waals surface area contributed by atoms with E-state index in [1.54, 1.807) is 0 Å². The Morgan fingerprint density at radius 1 is 1.40 bits per heavy atom. The standard InChI is InChI=1S/C14H26N4O2/c1-5-18(8-6-7-17(3)4)10-12-9-11(2)13(20-12)14(19)16-15/h9H,5-8,10,15H2,1-4H3,(H,16,19). The minimum atomic E-state index is -0.385. The molecule has 114 valence electrons. The van der Waals surface area contributed by atoms with Gasteiger partial charge in [0.05, 0.1) is 6.54 Å². The zero-order valence-electron chi connectivity index (χ0n) is 12.9. The minimum Gasteiger partial charge on any atom is -0.454 e. The molecule has 3 N–H and O–H groups in total. The molecule has 1 amide bonds. The molecule has 20 heavy (non-hydrogen) atoms. The Balaban J connectivity index is 2.59. The molecule has 0 aliphatic carbocycles. The van der Waals surface area contributed by atoms with E-state index in [1.807, 2.05) is 13.0 Å². The zero-order chi connectivity index (χ0) is 15.1. The summed E-state index contributed by atoms with van der Waals surface area (Å²) >= 11 is 0. The highest BCUT2D eigenvalue weighted by Crippen LogP contribution is 2.16. The van der Waals surface area contributed by atoms with Gasteiger partial charge < -0.3 is 9.32 Å². The molecule has 0 aliphatic rings. The summed E-state index contributed by atoms with van der Waals surface area (Å²) in [5.74, 6) is 5.84. The van der Waals surface area contributed by atoms with Gasteiger partial charge in [-0.15, -0.1) is 0 Å². The molecule has 0 spiro atoms. The lowest BCUT2D eigenvalue weighted by Gasteiger charge is -2.20. The highest BCUT2D eigenvalue weighted by Gasteiger charge is 2.16. The first kappa shape index (κ1) is 16.7. The summed E-state index contributed by atoms with van der Waals surface area (Å²) in [5, 5.41) is 0. The number of rotatable bonds is 8. The molecule has 6 nitrogen and oxygen atoms in total. The lowest BCUT2D eigenvalue weighted by atomic mass is 10.2. The van der Waals surface area contributed by atoms with Crippen LogP contribution in [0.4, 0.5) is 0 Å². The monoisotopic (exact) mass is 282 g/mol. The predicted molar refractivity (Wildman–Crippen MR) is 79.2 cm³/mol. The largest absolute Gasteiger partial charge is 0.454 e. The van der Waals surface area contributed by atoms with Crippen molar-refractivity contribution in [1.82, 2.24) is 15.2 Å². The van der Waals surface area contributed by atoms with E-state index in [0.29, 0.717) is 12.3 Å². The summed E-state index contributed by atoms with van der Waals surface area (Å²) < 4.78 is 5.58. The molecule has 1 rings (SSSR count). The van der Waals surface area contributed by atoms with Crippen molar-refractivity contribution in [2.45, 2.75) is 26.8 Å². The summed E-state index contributed by atoms with van der Waals surface area (Å²) in [6.07, 6.45) is 1.11. The number of amides is 1. The number of nitrogens with zero attached hydrogens (tertiary/aromatic N) is 2. The van der Waals surface area contributed by atoms with Crippen LogP contribution in [0.3, 0.4) is 0 Å². The Morgan fingerprint density at radius 3 is 2.65 bits per heavy atom. The van der Waals surface area contributed by atoms with Crippen LogP contribution in [0.1, 0.15) is 35.2 Å². The number of nitrogen functional groups attached to an aromatic ring is 1. The van der Waals surface area contributed by atoms with Gasteiger partial charge in [0.1, 0.15) is 5.76 Å². The van der Waals surface area contributed by atoms with Gasteiger partial charge in [-0.1, -0.05) is 6.92 Å². The third kappa shape index (κ3) is 4.96. The van der Waals surface area contributed by atoms with Crippen molar-refractivity contribution in [3.05, 3.63) is 23.2 Å². The zero-order valence-corrected chi connectivity index (χ0v) is 12.9. The van der Waals surface area contributed by atoms with Crippen LogP contribution < -0.4 is 11.3 Å². The summed E-state index contributed by atoms with van der Waals surface area (Å²) in [6.45, 7) is 7.70. The molecule has 1 aromatic rings. The fourth-order valence-electron chi connectivity index (χ4n) is 2.10. The summed E-state index contributed by atoms with van der Waals surface area (Å²) in [7, 11) is 4.15. The van der Waals surface area contributed by atoms with Crippen molar-refractivity contribution in [2.24, 2.45) is 5.84 Å². The number of aryl methyl sites for hydroxylation is 1. The quantitative estimate of drug-likeness (QED) is 0.422. The van der Waals surface area contributed by atoms with Crippen LogP contribution in [0.25, 0.3) is 0 Å². The smallest absolute Gasteiger partial charge is 0.301 e. The van der Waals surface area contributed by atoms with Crippen LogP contribution in [0, 0.1) is 6.92 Å². The van der Waals surface area contributed by atoms with Crippen LogP contribution in [-0.2, 0) is 6.54 Å². The van der Waals surface area contributed by atoms with Crippen LogP contribution in [0.2, 0.25) is 0 Å². The second-order valence-corrected chi connectivity index (χ2v) is 5.22. The maximum atomic E-state index is 11.5. The van der Waals surface area contributed by atoms with E-state index in [2.05, 4.69) is 36.2 Å². The molecule has 0 aromatic carbocycles. The van der Waals surface area contributed by atoms with E-state index in [0.717, 1.165) is 37.4 Å². The molecule has 0 bridgehead atoms. The number of hydrogen-bond donors (Lipinski definition) is 2. The highest BCUT2D eigenvalue weighted by molar-refractivity contribution is 5.92. The van der Waals surface area contributed by atoms with Crippen molar-refractivity contribution in [2.75, 3.05) is 33.7 Å². The number of carbonyl (C=O) groups excluding carboxylic acids is 1. The highest BCUT2D eigenvalue weighted by atomic mass is 16.4. The second-order valence-electron chi connectivity index (χ2n) is 5.22. The van der Waals surface area contributed by atoms with Crippen LogP contribution in [0.15, 0.2) is 10.5 Å². The fourth-order valence-corrected chi connectivity index (χ4v) is 2.10. The van der Waals surface area contributed by atoms with Gasteiger partial charge in [0, 0.05) is 5.56 Å². The van der Waals surface area contributed by atoms with E-state index in [4.69, 9.17) is 10.3 Å². The van der Waals surface area contributed by atoms with Gasteiger partial charge >= 0.3 is 5.91 Å². The third-order valence-corrected chi connectivity index (χ3v) is 3.21. The number of hydrazine groups is 1. The fraction of sp³-hybridized carbons (Fsp3) is 0.643. The lowest BCUT2D eigenvalue weighted by molar-refractivity contribution is 0.0921. The molecule has 0 saturated heterocycles. The Labute approximate surface area is 120 Å². The van der Waals surface area contributed by atoms with Crippen molar-refractivity contribution < 1.29 is 9.21 Å². The van der Waals surface area contributed by atoms with Gasteiger partial charge in [0.2, 0.25) is 0 Å². The van der Waals surface area contributed by atoms with Crippen LogP contribution >= 0.6 is 0 Å². The van der Waals surface area contributed by atoms with Gasteiger partial charge in [-0.2, -0.15) is 0 Å². The average molecular weight is 282 g/mol. The van der Waals surface area contributed by atoms with Crippen LogP contribution in [-0.4, -0.2) is 49.4 Å². The summed E-state index contributed by atoms with van der Waals surface area (Å²) in [6, 6.07) is 1.90. The first-order valence-electron chi connectivity index (χ1n) is 6.95. The molecule has 0 fully saturated rings. The predicted octanol–water partition coefficient (Wildman–Crippen LogP) is 0.965. The van der Waals surface area contributed by atoms with E-state index in [9.17, 15) is 4.79 Å². The van der Waals surface area contributed by atoms with Gasteiger partial charge in [-0.3, -0.25) is 15.1 Å². The van der Waals surface area contributed by atoms with Gasteiger partial charge in [0.25, 0.3) is 0 Å². The Bertz CT molecular complexity index is 429. The third-order valence-electron chi connectivity index (χ3n) is 3.21. The molecule has 0 radical (unpaired) electrons. The van der Waals surface area contributed by atoms with Crippen molar-refractivity contribution in [3.8, 4) is 0 Å². The van der Waals surface area contributed by atoms with Crippen molar-refractivity contribution in [3.63, 3.8) is 0 Å². The van der Waals surface area contributed by atoms with Crippen molar-refractivity contribution >= 4 is 5.91 Å². The second kappa shape index (κ2) is 8.04. The van der Waals surface area contributed by atoms with E-state index in [1.165, 1.54) is 0 Å². The molecule has 6 heteroatoms. The number of nitrogens with two attached hydrogens (primary N) is 1. The number of carbonyl (C=O) groups is 1. The molecular weight excluding hydrogens is 256 g/mol. The maximum Gasteiger partial charge on any atom is 0.301 e. The number of furan rings is 1. The summed E-state index contributed by atoms with van der Waals surface area (Å²) in [5.41, 5.74) is 2.91. The lowest BCUT2D eigenvalue weighted by Crippen LogP contribution is -2.30. The molecule has 1 aromatic heterocycles. The SMILES string of the molecule is CCN(CCCN(C)C)Cc1cc(C)c(C(=O)NN)o1. The number of hydrogen-bond acceptors (Lipinski definition) is 5. The van der Waals surface area contributed by atoms with Gasteiger partial charge in [0.15, 0.2) is 5.76 Å². The van der Waals surface area contributed by atoms with Gasteiger partial charge in [-0.05, 0) is 53.1 Å². The van der Waals surface area contributed by atoms with E-state index >= 15 is 0 Å². The molecule has 0 atom stereocenters. The normalized spacial score (nSPS) is 11.3. The van der Waals surface area contributed by atoms with Crippen LogP contribution in [0.5, 0.6) is 0 Å². The Morgan fingerprint density at radius 2 is 2.10 bits per heavy atom. The van der Waals surface area contributed by atoms with E-state index in [-0.39, 0.29) is 5.91 Å². The topological polar surface area (TPSA) is 74.7 Å². The Kier molecular flexibility index (Phi) is 6.70. The van der Waals surface area contributed by atoms with Gasteiger partial charge in [-0.25, -0.2) is 5.84 Å².